The number of nitrogens with zero attached hydrogens (tertiary/aromatic N) is 2. The Balaban J connectivity index is 1.97. The molecular formula is C21H24N2O4S. The molecule has 0 fully saturated rings. The normalized spacial score (nSPS) is 11.0. The van der Waals surface area contributed by atoms with Crippen molar-refractivity contribution in [3.8, 4) is 5.75 Å². The Labute approximate surface area is 167 Å². The van der Waals surface area contributed by atoms with Gasteiger partial charge in [-0.25, -0.2) is 4.98 Å². The number of hydrogen-bond acceptors (Lipinski definition) is 6. The van der Waals surface area contributed by atoms with Crippen LogP contribution in [0.4, 0.5) is 0 Å². The van der Waals surface area contributed by atoms with Crippen LogP contribution in [0.25, 0.3) is 10.2 Å². The van der Waals surface area contributed by atoms with Crippen molar-refractivity contribution in [3.05, 3.63) is 57.0 Å². The summed E-state index contributed by atoms with van der Waals surface area (Å²) in [5.41, 5.74) is 0.996. The van der Waals surface area contributed by atoms with Crippen molar-refractivity contribution in [1.29, 1.82) is 0 Å². The first kappa shape index (κ1) is 20.1. The minimum atomic E-state index is -0.275. The molecule has 0 saturated heterocycles. The summed E-state index contributed by atoms with van der Waals surface area (Å²) in [5.74, 6) is 1.22. The number of benzene rings is 1. The second kappa shape index (κ2) is 9.01. The lowest BCUT2D eigenvalue weighted by atomic mass is 10.1. The SMILES string of the molecule is CCc1cc2c(=O)n(CCCC(=O)OC)c(Cc3ccc(OC)cc3)nc2s1. The van der Waals surface area contributed by atoms with Crippen molar-refractivity contribution in [2.24, 2.45) is 0 Å². The van der Waals surface area contributed by atoms with Crippen molar-refractivity contribution >= 4 is 27.5 Å². The molecule has 2 heterocycles. The second-order valence-electron chi connectivity index (χ2n) is 6.47. The lowest BCUT2D eigenvalue weighted by Crippen LogP contribution is -2.25. The number of methoxy groups -OCH3 is 2. The number of aromatic nitrogens is 2. The van der Waals surface area contributed by atoms with Gasteiger partial charge in [-0.05, 0) is 36.6 Å². The molecule has 7 heteroatoms. The summed E-state index contributed by atoms with van der Waals surface area (Å²) in [6.07, 6.45) is 2.20. The molecule has 3 aromatic rings. The molecule has 0 saturated carbocycles. The maximum Gasteiger partial charge on any atom is 0.305 e. The van der Waals surface area contributed by atoms with E-state index < -0.39 is 0 Å². The summed E-state index contributed by atoms with van der Waals surface area (Å²) in [5, 5.41) is 0.651. The van der Waals surface area contributed by atoms with E-state index in [4.69, 9.17) is 14.5 Å². The summed E-state index contributed by atoms with van der Waals surface area (Å²) in [4.78, 5) is 31.3. The summed E-state index contributed by atoms with van der Waals surface area (Å²) < 4.78 is 11.6. The molecule has 6 nitrogen and oxygen atoms in total. The number of hydrogen-bond donors (Lipinski definition) is 0. The van der Waals surface area contributed by atoms with Crippen LogP contribution in [0.15, 0.2) is 35.1 Å². The van der Waals surface area contributed by atoms with Crippen LogP contribution in [0, 0.1) is 0 Å². The van der Waals surface area contributed by atoms with Gasteiger partial charge in [0.05, 0.1) is 19.6 Å². The highest BCUT2D eigenvalue weighted by molar-refractivity contribution is 7.18. The number of carbonyl (C=O) groups is 1. The predicted molar refractivity (Wildman–Crippen MR) is 110 cm³/mol. The smallest absolute Gasteiger partial charge is 0.305 e. The van der Waals surface area contributed by atoms with E-state index in [9.17, 15) is 9.59 Å². The van der Waals surface area contributed by atoms with Gasteiger partial charge < -0.3 is 9.47 Å². The number of carbonyl (C=O) groups excluding carboxylic acids is 1. The third kappa shape index (κ3) is 4.42. The Morgan fingerprint density at radius 3 is 2.61 bits per heavy atom. The van der Waals surface area contributed by atoms with Crippen molar-refractivity contribution in [3.63, 3.8) is 0 Å². The lowest BCUT2D eigenvalue weighted by molar-refractivity contribution is -0.140. The van der Waals surface area contributed by atoms with Crippen LogP contribution >= 0.6 is 11.3 Å². The van der Waals surface area contributed by atoms with Gasteiger partial charge in [0, 0.05) is 24.3 Å². The Morgan fingerprint density at radius 2 is 1.96 bits per heavy atom. The zero-order valence-electron chi connectivity index (χ0n) is 16.4. The van der Waals surface area contributed by atoms with Crippen molar-refractivity contribution in [2.45, 2.75) is 39.2 Å². The van der Waals surface area contributed by atoms with E-state index in [2.05, 4.69) is 6.92 Å². The van der Waals surface area contributed by atoms with Gasteiger partial charge in [0.2, 0.25) is 0 Å². The quantitative estimate of drug-likeness (QED) is 0.541. The summed E-state index contributed by atoms with van der Waals surface area (Å²) in [7, 11) is 3.00. The number of rotatable bonds is 8. The molecule has 0 unspecified atom stereocenters. The van der Waals surface area contributed by atoms with Crippen molar-refractivity contribution < 1.29 is 14.3 Å². The summed E-state index contributed by atoms with van der Waals surface area (Å²) in [6.45, 7) is 2.50. The minimum Gasteiger partial charge on any atom is -0.497 e. The van der Waals surface area contributed by atoms with Gasteiger partial charge in [0.25, 0.3) is 5.56 Å². The molecule has 0 bridgehead atoms. The average Bonchev–Trinajstić information content (AvgIpc) is 3.14. The number of thiophene rings is 1. The number of esters is 1. The lowest BCUT2D eigenvalue weighted by Gasteiger charge is -2.12. The third-order valence-electron chi connectivity index (χ3n) is 4.64. The highest BCUT2D eigenvalue weighted by Crippen LogP contribution is 2.23. The second-order valence-corrected chi connectivity index (χ2v) is 7.59. The molecule has 1 aromatic carbocycles. The third-order valence-corrected chi connectivity index (χ3v) is 5.81. The van der Waals surface area contributed by atoms with Crippen LogP contribution in [0.3, 0.4) is 0 Å². The molecule has 2 aromatic heterocycles. The maximum absolute atomic E-state index is 13.1. The van der Waals surface area contributed by atoms with E-state index in [0.29, 0.717) is 30.6 Å². The van der Waals surface area contributed by atoms with Crippen molar-refractivity contribution in [1.82, 2.24) is 9.55 Å². The summed E-state index contributed by atoms with van der Waals surface area (Å²) in [6, 6.07) is 9.67. The van der Waals surface area contributed by atoms with Crippen LogP contribution in [0.2, 0.25) is 0 Å². The largest absolute Gasteiger partial charge is 0.497 e. The first-order chi connectivity index (χ1) is 13.5. The van der Waals surface area contributed by atoms with Crippen LogP contribution in [-0.2, 0) is 28.9 Å². The Hall–Kier alpha value is -2.67. The van der Waals surface area contributed by atoms with Crippen molar-refractivity contribution in [2.75, 3.05) is 14.2 Å². The van der Waals surface area contributed by atoms with E-state index in [1.807, 2.05) is 30.3 Å². The molecule has 0 aliphatic carbocycles. The molecular weight excluding hydrogens is 376 g/mol. The monoisotopic (exact) mass is 400 g/mol. The first-order valence-electron chi connectivity index (χ1n) is 9.27. The fourth-order valence-electron chi connectivity index (χ4n) is 3.06. The van der Waals surface area contributed by atoms with E-state index in [1.165, 1.54) is 7.11 Å². The van der Waals surface area contributed by atoms with Crippen LogP contribution in [0.5, 0.6) is 5.75 Å². The zero-order chi connectivity index (χ0) is 20.1. The molecule has 0 N–H and O–H groups in total. The molecule has 0 amide bonds. The van der Waals surface area contributed by atoms with Crippen LogP contribution in [-0.4, -0.2) is 29.7 Å². The molecule has 0 aliphatic heterocycles. The fraction of sp³-hybridized carbons (Fsp3) is 0.381. The maximum atomic E-state index is 13.1. The van der Waals surface area contributed by atoms with Gasteiger partial charge in [0.1, 0.15) is 16.4 Å². The van der Waals surface area contributed by atoms with E-state index in [1.54, 1.807) is 23.0 Å². The Bertz CT molecular complexity index is 1020. The number of fused-ring (bicyclic) bond motifs is 1. The van der Waals surface area contributed by atoms with Gasteiger partial charge in [0.15, 0.2) is 0 Å². The zero-order valence-corrected chi connectivity index (χ0v) is 17.2. The molecule has 28 heavy (non-hydrogen) atoms. The Kier molecular flexibility index (Phi) is 6.46. The minimum absolute atomic E-state index is 0.0469. The molecule has 148 valence electrons. The molecule has 0 aliphatic rings. The average molecular weight is 401 g/mol. The highest BCUT2D eigenvalue weighted by atomic mass is 32.1. The fourth-order valence-corrected chi connectivity index (χ4v) is 4.03. The standard InChI is InChI=1S/C21H24N2O4S/c1-4-16-13-17-20(28-16)22-18(12-14-7-9-15(26-2)10-8-14)23(21(17)25)11-5-6-19(24)27-3/h7-10,13H,4-6,11-12H2,1-3H3. The topological polar surface area (TPSA) is 70.4 Å². The number of aryl methyl sites for hydroxylation is 1. The van der Waals surface area contributed by atoms with Gasteiger partial charge >= 0.3 is 5.97 Å². The van der Waals surface area contributed by atoms with E-state index in [0.717, 1.165) is 27.4 Å². The van der Waals surface area contributed by atoms with E-state index in [-0.39, 0.29) is 17.9 Å². The first-order valence-corrected chi connectivity index (χ1v) is 10.1. The van der Waals surface area contributed by atoms with Gasteiger partial charge in [-0.3, -0.25) is 14.2 Å². The van der Waals surface area contributed by atoms with Crippen LogP contribution < -0.4 is 10.3 Å². The van der Waals surface area contributed by atoms with Gasteiger partial charge in [-0.1, -0.05) is 19.1 Å². The molecule has 0 atom stereocenters. The van der Waals surface area contributed by atoms with Gasteiger partial charge in [-0.15, -0.1) is 11.3 Å². The molecule has 0 radical (unpaired) electrons. The Morgan fingerprint density at radius 1 is 1.21 bits per heavy atom. The molecule has 0 spiro atoms. The highest BCUT2D eigenvalue weighted by Gasteiger charge is 2.15. The molecule has 3 rings (SSSR count). The van der Waals surface area contributed by atoms with E-state index >= 15 is 0 Å². The van der Waals surface area contributed by atoms with Gasteiger partial charge in [-0.2, -0.15) is 0 Å². The predicted octanol–water partition coefficient (Wildman–Crippen LogP) is 3.57. The van der Waals surface area contributed by atoms with Crippen LogP contribution in [0.1, 0.15) is 36.0 Å². The summed E-state index contributed by atoms with van der Waals surface area (Å²) >= 11 is 1.56. The number of ether oxygens (including phenoxy) is 2.